The van der Waals surface area contributed by atoms with E-state index in [1.54, 1.807) is 6.20 Å². The fourth-order valence-electron chi connectivity index (χ4n) is 4.40. The van der Waals surface area contributed by atoms with E-state index < -0.39 is 0 Å². The normalized spacial score (nSPS) is 16.5. The van der Waals surface area contributed by atoms with Gasteiger partial charge in [-0.2, -0.15) is 5.10 Å². The van der Waals surface area contributed by atoms with E-state index in [9.17, 15) is 4.79 Å². The van der Waals surface area contributed by atoms with Crippen molar-refractivity contribution < 1.29 is 4.79 Å². The van der Waals surface area contributed by atoms with Crippen molar-refractivity contribution in [3.63, 3.8) is 0 Å². The Morgan fingerprint density at radius 2 is 1.90 bits per heavy atom. The molecule has 1 aliphatic rings. The van der Waals surface area contributed by atoms with Crippen molar-refractivity contribution in [3.05, 3.63) is 58.7 Å². The first-order valence-electron chi connectivity index (χ1n) is 10.9. The third kappa shape index (κ3) is 4.09. The highest BCUT2D eigenvalue weighted by molar-refractivity contribution is 5.77. The lowest BCUT2D eigenvalue weighted by Crippen LogP contribution is -2.41. The standard InChI is InChI=1S/C24H30N6O/c1-15-12-25-10-9-20(15)21-13-26-19(5)27-24(21)22-8-6-7-11-29(22)23(31)14-30-18(4)16(2)17(3)28-30/h9-10,12-13,22H,6-8,11,14H2,1-5H3/t22-/m0/s1. The first kappa shape index (κ1) is 21.2. The van der Waals surface area contributed by atoms with E-state index in [4.69, 9.17) is 4.98 Å². The Labute approximate surface area is 183 Å². The number of amides is 1. The number of piperidine rings is 1. The van der Waals surface area contributed by atoms with Gasteiger partial charge in [-0.3, -0.25) is 14.5 Å². The quantitative estimate of drug-likeness (QED) is 0.639. The molecule has 0 N–H and O–H groups in total. The maximum absolute atomic E-state index is 13.4. The summed E-state index contributed by atoms with van der Waals surface area (Å²) in [5.74, 6) is 0.807. The van der Waals surface area contributed by atoms with Gasteiger partial charge < -0.3 is 4.90 Å². The van der Waals surface area contributed by atoms with Gasteiger partial charge in [-0.1, -0.05) is 0 Å². The van der Waals surface area contributed by atoms with Crippen LogP contribution in [0.2, 0.25) is 0 Å². The second kappa shape index (κ2) is 8.57. The Kier molecular flexibility index (Phi) is 5.85. The molecule has 0 saturated carbocycles. The Morgan fingerprint density at radius 1 is 1.10 bits per heavy atom. The summed E-state index contributed by atoms with van der Waals surface area (Å²) in [6, 6.07) is 1.93. The molecular formula is C24H30N6O. The van der Waals surface area contributed by atoms with Gasteiger partial charge >= 0.3 is 0 Å². The van der Waals surface area contributed by atoms with Crippen molar-refractivity contribution in [2.24, 2.45) is 0 Å². The van der Waals surface area contributed by atoms with Crippen LogP contribution in [0.1, 0.15) is 59.3 Å². The van der Waals surface area contributed by atoms with Crippen LogP contribution in [-0.2, 0) is 11.3 Å². The SMILES string of the molecule is Cc1ncc(-c2ccncc2C)c([C@@H]2CCCCN2C(=O)Cn2nc(C)c(C)c2C)n1. The molecule has 1 saturated heterocycles. The maximum Gasteiger partial charge on any atom is 0.244 e. The largest absolute Gasteiger partial charge is 0.332 e. The van der Waals surface area contributed by atoms with Crippen LogP contribution in [0.4, 0.5) is 0 Å². The Morgan fingerprint density at radius 3 is 2.61 bits per heavy atom. The number of pyridine rings is 1. The lowest BCUT2D eigenvalue weighted by Gasteiger charge is -2.36. The number of aryl methyl sites for hydroxylation is 3. The fourth-order valence-corrected chi connectivity index (χ4v) is 4.40. The molecule has 3 aromatic rings. The molecule has 162 valence electrons. The van der Waals surface area contributed by atoms with E-state index in [1.165, 1.54) is 0 Å². The van der Waals surface area contributed by atoms with Crippen molar-refractivity contribution in [1.82, 2.24) is 29.6 Å². The number of hydrogen-bond donors (Lipinski definition) is 0. The molecule has 1 amide bonds. The summed E-state index contributed by atoms with van der Waals surface area (Å²) in [6.07, 6.45) is 8.52. The number of hydrogen-bond acceptors (Lipinski definition) is 5. The molecule has 1 fully saturated rings. The molecule has 0 unspecified atom stereocenters. The summed E-state index contributed by atoms with van der Waals surface area (Å²) < 4.78 is 1.83. The number of carbonyl (C=O) groups is 1. The van der Waals surface area contributed by atoms with Crippen LogP contribution >= 0.6 is 0 Å². The van der Waals surface area contributed by atoms with Crippen LogP contribution < -0.4 is 0 Å². The number of aromatic nitrogens is 5. The Balaban J connectivity index is 1.71. The third-order valence-corrected chi connectivity index (χ3v) is 6.42. The number of likely N-dealkylation sites (tertiary alicyclic amines) is 1. The molecule has 4 rings (SSSR count). The summed E-state index contributed by atoms with van der Waals surface area (Å²) in [7, 11) is 0. The van der Waals surface area contributed by atoms with Gasteiger partial charge in [0.25, 0.3) is 0 Å². The van der Waals surface area contributed by atoms with Crippen molar-refractivity contribution >= 4 is 5.91 Å². The fraction of sp³-hybridized carbons (Fsp3) is 0.458. The minimum Gasteiger partial charge on any atom is -0.332 e. The molecular weight excluding hydrogens is 388 g/mol. The second-order valence-corrected chi connectivity index (χ2v) is 8.46. The first-order chi connectivity index (χ1) is 14.9. The smallest absolute Gasteiger partial charge is 0.244 e. The molecule has 1 aliphatic heterocycles. The predicted octanol–water partition coefficient (Wildman–Crippen LogP) is 4.03. The van der Waals surface area contributed by atoms with Crippen molar-refractivity contribution in [2.75, 3.05) is 6.54 Å². The highest BCUT2D eigenvalue weighted by atomic mass is 16.2. The Hall–Kier alpha value is -3.09. The average molecular weight is 419 g/mol. The Bertz CT molecular complexity index is 1120. The van der Waals surface area contributed by atoms with Gasteiger partial charge in [0.15, 0.2) is 0 Å². The van der Waals surface area contributed by atoms with E-state index in [-0.39, 0.29) is 18.5 Å². The summed E-state index contributed by atoms with van der Waals surface area (Å²) in [5.41, 5.74) is 7.22. The van der Waals surface area contributed by atoms with E-state index >= 15 is 0 Å². The molecule has 0 aliphatic carbocycles. The minimum atomic E-state index is -0.0661. The van der Waals surface area contributed by atoms with E-state index in [2.05, 4.69) is 22.0 Å². The summed E-state index contributed by atoms with van der Waals surface area (Å²) in [5, 5.41) is 4.57. The number of rotatable bonds is 4. The summed E-state index contributed by atoms with van der Waals surface area (Å²) >= 11 is 0. The summed E-state index contributed by atoms with van der Waals surface area (Å²) in [6.45, 7) is 11.0. The van der Waals surface area contributed by atoms with Gasteiger partial charge in [0.2, 0.25) is 5.91 Å². The maximum atomic E-state index is 13.4. The lowest BCUT2D eigenvalue weighted by atomic mass is 9.92. The average Bonchev–Trinajstić information content (AvgIpc) is 3.00. The van der Waals surface area contributed by atoms with Gasteiger partial charge in [0, 0.05) is 36.4 Å². The zero-order valence-corrected chi connectivity index (χ0v) is 19.0. The van der Waals surface area contributed by atoms with Gasteiger partial charge in [-0.15, -0.1) is 0 Å². The van der Waals surface area contributed by atoms with Crippen LogP contribution in [0.5, 0.6) is 0 Å². The first-order valence-corrected chi connectivity index (χ1v) is 10.9. The highest BCUT2D eigenvalue weighted by Gasteiger charge is 2.32. The highest BCUT2D eigenvalue weighted by Crippen LogP contribution is 2.36. The summed E-state index contributed by atoms with van der Waals surface area (Å²) in [4.78, 5) is 29.0. The molecule has 1 atom stereocenters. The number of nitrogens with zero attached hydrogens (tertiary/aromatic N) is 6. The number of carbonyl (C=O) groups excluding carboxylic acids is 1. The second-order valence-electron chi connectivity index (χ2n) is 8.46. The molecule has 0 radical (unpaired) electrons. The topological polar surface area (TPSA) is 76.8 Å². The lowest BCUT2D eigenvalue weighted by molar-refractivity contribution is -0.136. The predicted molar refractivity (Wildman–Crippen MR) is 119 cm³/mol. The van der Waals surface area contributed by atoms with Crippen LogP contribution in [0.25, 0.3) is 11.1 Å². The van der Waals surface area contributed by atoms with Crippen molar-refractivity contribution in [2.45, 2.75) is 66.5 Å². The third-order valence-electron chi connectivity index (χ3n) is 6.42. The minimum absolute atomic E-state index is 0.0661. The van der Waals surface area contributed by atoms with E-state index in [0.717, 1.165) is 71.0 Å². The van der Waals surface area contributed by atoms with Crippen molar-refractivity contribution in [3.8, 4) is 11.1 Å². The van der Waals surface area contributed by atoms with Crippen LogP contribution in [-0.4, -0.2) is 42.1 Å². The van der Waals surface area contributed by atoms with Crippen LogP contribution in [0.15, 0.2) is 24.7 Å². The molecule has 7 nitrogen and oxygen atoms in total. The zero-order valence-electron chi connectivity index (χ0n) is 19.0. The van der Waals surface area contributed by atoms with Gasteiger partial charge in [-0.05, 0) is 76.6 Å². The zero-order chi connectivity index (χ0) is 22.1. The van der Waals surface area contributed by atoms with E-state index in [1.807, 2.05) is 55.7 Å². The van der Waals surface area contributed by atoms with Gasteiger partial charge in [-0.25, -0.2) is 9.97 Å². The molecule has 31 heavy (non-hydrogen) atoms. The monoisotopic (exact) mass is 418 g/mol. The van der Waals surface area contributed by atoms with Crippen LogP contribution in [0.3, 0.4) is 0 Å². The molecule has 0 spiro atoms. The van der Waals surface area contributed by atoms with Gasteiger partial charge in [0.05, 0.1) is 17.4 Å². The van der Waals surface area contributed by atoms with Crippen LogP contribution in [0, 0.1) is 34.6 Å². The van der Waals surface area contributed by atoms with Crippen molar-refractivity contribution in [1.29, 1.82) is 0 Å². The molecule has 0 bridgehead atoms. The van der Waals surface area contributed by atoms with E-state index in [0.29, 0.717) is 0 Å². The van der Waals surface area contributed by atoms with Gasteiger partial charge in [0.1, 0.15) is 12.4 Å². The molecule has 0 aromatic carbocycles. The molecule has 7 heteroatoms. The molecule has 4 heterocycles. The molecule has 3 aromatic heterocycles.